The van der Waals surface area contributed by atoms with Crippen LogP contribution in [0.2, 0.25) is 0 Å². The van der Waals surface area contributed by atoms with Crippen LogP contribution in [-0.4, -0.2) is 25.0 Å². The van der Waals surface area contributed by atoms with E-state index in [1.807, 2.05) is 42.5 Å². The highest BCUT2D eigenvalue weighted by Gasteiger charge is 2.20. The van der Waals surface area contributed by atoms with Crippen molar-refractivity contribution < 1.29 is 8.76 Å². The van der Waals surface area contributed by atoms with Crippen molar-refractivity contribution in [2.75, 3.05) is 5.32 Å². The number of hydrogen-bond donors (Lipinski definition) is 1. The van der Waals surface area contributed by atoms with Gasteiger partial charge in [0.1, 0.15) is 6.07 Å². The molecule has 1 fully saturated rings. The Kier molecular flexibility index (Phi) is 4.84. The molecule has 7 heteroatoms. The van der Waals surface area contributed by atoms with Crippen molar-refractivity contribution in [3.63, 3.8) is 0 Å². The summed E-state index contributed by atoms with van der Waals surface area (Å²) in [5.41, 5.74) is 4.48. The summed E-state index contributed by atoms with van der Waals surface area (Å²) in [5, 5.41) is 22.0. The number of nitriles is 1. The van der Waals surface area contributed by atoms with Crippen LogP contribution in [0.3, 0.4) is 0 Å². The van der Waals surface area contributed by atoms with Crippen LogP contribution in [0.25, 0.3) is 22.0 Å². The molecule has 1 N–H and O–H groups in total. The maximum Gasteiger partial charge on any atom is 0.186 e. The number of anilines is 1. The van der Waals surface area contributed by atoms with E-state index < -0.39 is 11.1 Å². The minimum atomic E-state index is -2.09. The van der Waals surface area contributed by atoms with E-state index >= 15 is 0 Å². The van der Waals surface area contributed by atoms with Crippen LogP contribution >= 0.6 is 0 Å². The van der Waals surface area contributed by atoms with E-state index in [1.165, 1.54) is 6.42 Å². The average Bonchev–Trinajstić information content (AvgIpc) is 2.64. The van der Waals surface area contributed by atoms with Crippen LogP contribution in [-0.2, 0) is 16.8 Å². The summed E-state index contributed by atoms with van der Waals surface area (Å²) in [4.78, 5) is 0. The Bertz CT molecular complexity index is 1060. The lowest BCUT2D eigenvalue weighted by molar-refractivity contribution is 0.445. The zero-order chi connectivity index (χ0) is 18.8. The van der Waals surface area contributed by atoms with E-state index in [0.717, 1.165) is 46.1 Å². The van der Waals surface area contributed by atoms with Crippen LogP contribution in [0.4, 0.5) is 5.69 Å². The van der Waals surface area contributed by atoms with E-state index in [0.29, 0.717) is 11.7 Å². The Hall–Kier alpha value is -2.82. The van der Waals surface area contributed by atoms with Crippen molar-refractivity contribution in [3.8, 4) is 17.2 Å². The number of nitrogens with zero attached hydrogens (tertiary/aromatic N) is 3. The molecule has 1 aromatic heterocycles. The first kappa shape index (κ1) is 17.6. The molecule has 4 rings (SSSR count). The van der Waals surface area contributed by atoms with Gasteiger partial charge in [0.25, 0.3) is 0 Å². The average molecular weight is 377 g/mol. The quantitative estimate of drug-likeness (QED) is 0.683. The van der Waals surface area contributed by atoms with E-state index in [1.54, 1.807) is 0 Å². The predicted octanol–water partition coefficient (Wildman–Crippen LogP) is 3.51. The zero-order valence-electron chi connectivity index (χ0n) is 14.5. The molecule has 27 heavy (non-hydrogen) atoms. The van der Waals surface area contributed by atoms with Crippen molar-refractivity contribution >= 4 is 27.7 Å². The molecular formula is C20H17N4O2S-. The second-order valence-electron chi connectivity index (χ2n) is 6.68. The van der Waals surface area contributed by atoms with Crippen molar-refractivity contribution in [2.45, 2.75) is 31.1 Å². The molecule has 6 nitrogen and oxygen atoms in total. The molecule has 3 aromatic rings. The molecule has 1 aliphatic rings. The summed E-state index contributed by atoms with van der Waals surface area (Å²) in [6.45, 7) is 0. The first-order chi connectivity index (χ1) is 13.1. The van der Waals surface area contributed by atoms with Crippen LogP contribution in [0, 0.1) is 11.3 Å². The molecule has 1 atom stereocenters. The maximum atomic E-state index is 10.8. The van der Waals surface area contributed by atoms with Gasteiger partial charge < -0.3 is 9.87 Å². The first-order valence-corrected chi connectivity index (χ1v) is 10.0. The Balaban J connectivity index is 1.70. The topological polar surface area (TPSA) is 102 Å². The van der Waals surface area contributed by atoms with Gasteiger partial charge in [0.05, 0.1) is 11.2 Å². The number of nitrogens with one attached hydrogen (secondary N) is 1. The van der Waals surface area contributed by atoms with Crippen molar-refractivity contribution in [1.29, 1.82) is 5.26 Å². The van der Waals surface area contributed by atoms with Crippen LogP contribution in [0.5, 0.6) is 0 Å². The summed E-state index contributed by atoms with van der Waals surface area (Å²) in [7, 11) is 0. The van der Waals surface area contributed by atoms with E-state index in [2.05, 4.69) is 21.6 Å². The molecule has 1 heterocycles. The van der Waals surface area contributed by atoms with E-state index in [-0.39, 0.29) is 5.75 Å². The van der Waals surface area contributed by atoms with Gasteiger partial charge in [0.2, 0.25) is 0 Å². The van der Waals surface area contributed by atoms with Crippen LogP contribution < -0.4 is 5.32 Å². The minimum absolute atomic E-state index is 0.0105. The Morgan fingerprint density at radius 2 is 1.89 bits per heavy atom. The van der Waals surface area contributed by atoms with Gasteiger partial charge in [0.15, 0.2) is 5.69 Å². The molecular weight excluding hydrogens is 360 g/mol. The number of fused-ring (bicyclic) bond motifs is 1. The predicted molar refractivity (Wildman–Crippen MR) is 104 cm³/mol. The van der Waals surface area contributed by atoms with Gasteiger partial charge in [-0.3, -0.25) is 4.21 Å². The van der Waals surface area contributed by atoms with Crippen LogP contribution in [0.1, 0.15) is 30.5 Å². The second kappa shape index (κ2) is 7.43. The smallest absolute Gasteiger partial charge is 0.186 e. The van der Waals surface area contributed by atoms with Crippen molar-refractivity contribution in [2.24, 2.45) is 0 Å². The molecule has 1 unspecified atom stereocenters. The molecule has 1 aliphatic carbocycles. The highest BCUT2D eigenvalue weighted by atomic mass is 32.2. The van der Waals surface area contributed by atoms with E-state index in [9.17, 15) is 14.0 Å². The molecule has 1 saturated carbocycles. The molecule has 0 saturated heterocycles. The van der Waals surface area contributed by atoms with Gasteiger partial charge in [-0.15, -0.1) is 10.2 Å². The fourth-order valence-electron chi connectivity index (χ4n) is 3.20. The minimum Gasteiger partial charge on any atom is -0.772 e. The maximum absolute atomic E-state index is 10.8. The second-order valence-corrected chi connectivity index (χ2v) is 7.58. The summed E-state index contributed by atoms with van der Waals surface area (Å²) in [6.07, 6.45) is 3.41. The number of benzene rings is 2. The molecule has 0 spiro atoms. The van der Waals surface area contributed by atoms with Gasteiger partial charge in [-0.2, -0.15) is 5.26 Å². The molecule has 0 bridgehead atoms. The Morgan fingerprint density at radius 3 is 2.52 bits per heavy atom. The third-order valence-corrected chi connectivity index (χ3v) is 5.46. The van der Waals surface area contributed by atoms with Crippen molar-refractivity contribution in [3.05, 3.63) is 53.7 Å². The molecule has 2 aromatic carbocycles. The van der Waals surface area contributed by atoms with Gasteiger partial charge in [-0.05, 0) is 48.1 Å². The van der Waals surface area contributed by atoms with E-state index in [4.69, 9.17) is 0 Å². The number of hydrogen-bond acceptors (Lipinski definition) is 6. The largest absolute Gasteiger partial charge is 0.772 e. The lowest BCUT2D eigenvalue weighted by Crippen LogP contribution is -2.27. The molecule has 0 aliphatic heterocycles. The summed E-state index contributed by atoms with van der Waals surface area (Å²) in [6, 6.07) is 15.8. The monoisotopic (exact) mass is 377 g/mol. The summed E-state index contributed by atoms with van der Waals surface area (Å²) < 4.78 is 21.6. The fraction of sp³-hybridized carbons (Fsp3) is 0.250. The van der Waals surface area contributed by atoms with Gasteiger partial charge in [0, 0.05) is 17.2 Å². The molecule has 0 amide bonds. The highest BCUT2D eigenvalue weighted by Crippen LogP contribution is 2.32. The number of aromatic nitrogens is 2. The fourth-order valence-corrected chi connectivity index (χ4v) is 3.66. The molecule has 136 valence electrons. The number of rotatable bonds is 5. The Labute approximate surface area is 159 Å². The van der Waals surface area contributed by atoms with Gasteiger partial charge in [-0.25, -0.2) is 0 Å². The lowest BCUT2D eigenvalue weighted by Gasteiger charge is -2.28. The van der Waals surface area contributed by atoms with Gasteiger partial charge in [-0.1, -0.05) is 41.4 Å². The molecule has 0 radical (unpaired) electrons. The van der Waals surface area contributed by atoms with Gasteiger partial charge >= 0.3 is 0 Å². The highest BCUT2D eigenvalue weighted by molar-refractivity contribution is 7.78. The summed E-state index contributed by atoms with van der Waals surface area (Å²) in [5.74, 6) is 0.0105. The summed E-state index contributed by atoms with van der Waals surface area (Å²) >= 11 is -2.09. The Morgan fingerprint density at radius 1 is 1.15 bits per heavy atom. The van der Waals surface area contributed by atoms with Crippen molar-refractivity contribution in [1.82, 2.24) is 10.2 Å². The van der Waals surface area contributed by atoms with Crippen LogP contribution in [0.15, 0.2) is 42.5 Å². The third-order valence-electron chi connectivity index (χ3n) is 4.89. The standard InChI is InChI=1S/C20H18N4O2S/c21-11-19-20(22-16-2-1-3-16)17-9-8-15(10-18(17)23-24-19)14-6-4-13(5-7-14)12-27(25)26/h4-10,16H,1-3,12H2,(H,22,23)(H,25,26)/p-1. The third kappa shape index (κ3) is 3.68. The first-order valence-electron chi connectivity index (χ1n) is 8.76. The zero-order valence-corrected chi connectivity index (χ0v) is 15.3. The lowest BCUT2D eigenvalue weighted by atomic mass is 9.92. The SMILES string of the molecule is N#Cc1nnc2cc(-c3ccc(CS(=O)[O-])cc3)ccc2c1NC1CCC1. The normalized spacial score (nSPS) is 15.1.